The number of carbonyl (C=O) groups is 1. The number of anilines is 2. The van der Waals surface area contributed by atoms with Crippen LogP contribution >= 0.6 is 0 Å². The fourth-order valence-corrected chi connectivity index (χ4v) is 2.39. The quantitative estimate of drug-likeness (QED) is 0.677. The molecule has 0 aliphatic heterocycles. The van der Waals surface area contributed by atoms with Crippen molar-refractivity contribution >= 4 is 17.6 Å². The van der Waals surface area contributed by atoms with Crippen molar-refractivity contribution in [2.75, 3.05) is 19.1 Å². The van der Waals surface area contributed by atoms with Crippen LogP contribution in [0.1, 0.15) is 10.4 Å². The van der Waals surface area contributed by atoms with Crippen LogP contribution in [0.5, 0.6) is 0 Å². The summed E-state index contributed by atoms with van der Waals surface area (Å²) < 4.78 is 18.1. The molecule has 1 heterocycles. The Labute approximate surface area is 144 Å². The number of carbonyl (C=O) groups excluding carboxylic acids is 1. The van der Waals surface area contributed by atoms with E-state index in [1.807, 2.05) is 6.07 Å². The van der Waals surface area contributed by atoms with Gasteiger partial charge in [-0.1, -0.05) is 18.2 Å². The Morgan fingerprint density at radius 3 is 2.44 bits per heavy atom. The van der Waals surface area contributed by atoms with Crippen molar-refractivity contribution in [1.82, 2.24) is 9.97 Å². The fourth-order valence-electron chi connectivity index (χ4n) is 2.39. The summed E-state index contributed by atoms with van der Waals surface area (Å²) in [4.78, 5) is 22.1. The molecule has 0 atom stereocenters. The van der Waals surface area contributed by atoms with E-state index in [1.165, 1.54) is 19.2 Å². The molecule has 0 unspecified atom stereocenters. The van der Waals surface area contributed by atoms with Gasteiger partial charge in [0.05, 0.1) is 12.7 Å². The summed E-state index contributed by atoms with van der Waals surface area (Å²) >= 11 is 0. The number of halogens is 1. The number of esters is 1. The van der Waals surface area contributed by atoms with Gasteiger partial charge in [-0.25, -0.2) is 19.2 Å². The molecule has 2 aromatic carbocycles. The van der Waals surface area contributed by atoms with E-state index in [0.717, 1.165) is 11.3 Å². The zero-order valence-corrected chi connectivity index (χ0v) is 13.8. The van der Waals surface area contributed by atoms with Crippen LogP contribution < -0.4 is 4.90 Å². The van der Waals surface area contributed by atoms with Gasteiger partial charge in [-0.3, -0.25) is 0 Å². The molecule has 0 amide bonds. The predicted octanol–water partition coefficient (Wildman–Crippen LogP) is 3.84. The van der Waals surface area contributed by atoms with Gasteiger partial charge < -0.3 is 9.64 Å². The van der Waals surface area contributed by atoms with E-state index >= 15 is 0 Å². The average molecular weight is 337 g/mol. The molecule has 25 heavy (non-hydrogen) atoms. The van der Waals surface area contributed by atoms with Crippen LogP contribution in [0.15, 0.2) is 60.9 Å². The summed E-state index contributed by atoms with van der Waals surface area (Å²) in [6.07, 6.45) is 3.27. The fraction of sp³-hybridized carbons (Fsp3) is 0.105. The summed E-state index contributed by atoms with van der Waals surface area (Å²) in [7, 11) is 3.14. The number of benzene rings is 2. The van der Waals surface area contributed by atoms with Crippen molar-refractivity contribution in [3.63, 3.8) is 0 Å². The Balaban J connectivity index is 1.86. The van der Waals surface area contributed by atoms with Gasteiger partial charge in [-0.2, -0.15) is 0 Å². The highest BCUT2D eigenvalue weighted by Gasteiger charge is 2.11. The molecule has 0 bridgehead atoms. The number of ether oxygens (including phenoxy) is 1. The van der Waals surface area contributed by atoms with Crippen molar-refractivity contribution < 1.29 is 13.9 Å². The lowest BCUT2D eigenvalue weighted by atomic mass is 10.1. The van der Waals surface area contributed by atoms with Crippen molar-refractivity contribution in [1.29, 1.82) is 0 Å². The molecule has 126 valence electrons. The minimum atomic E-state index is -0.405. The largest absolute Gasteiger partial charge is 0.465 e. The predicted molar refractivity (Wildman–Crippen MR) is 93.3 cm³/mol. The molecule has 5 nitrogen and oxygen atoms in total. The lowest BCUT2D eigenvalue weighted by molar-refractivity contribution is 0.0601. The lowest BCUT2D eigenvalue weighted by Gasteiger charge is -2.17. The second-order valence-electron chi connectivity index (χ2n) is 5.38. The molecule has 6 heteroatoms. The molecule has 1 aromatic heterocycles. The summed E-state index contributed by atoms with van der Waals surface area (Å²) in [5.74, 6) is -0.252. The normalized spacial score (nSPS) is 10.4. The van der Waals surface area contributed by atoms with E-state index < -0.39 is 5.97 Å². The first-order valence-corrected chi connectivity index (χ1v) is 7.58. The Morgan fingerprint density at radius 1 is 1.04 bits per heavy atom. The van der Waals surface area contributed by atoms with Crippen molar-refractivity contribution in [3.05, 3.63) is 72.3 Å². The van der Waals surface area contributed by atoms with Crippen LogP contribution in [0.3, 0.4) is 0 Å². The average Bonchev–Trinajstić information content (AvgIpc) is 2.67. The van der Waals surface area contributed by atoms with Gasteiger partial charge in [0, 0.05) is 30.7 Å². The summed E-state index contributed by atoms with van der Waals surface area (Å²) in [5.41, 5.74) is 2.63. The Kier molecular flexibility index (Phi) is 4.70. The van der Waals surface area contributed by atoms with Crippen LogP contribution in [0.25, 0.3) is 11.1 Å². The molecule has 0 N–H and O–H groups in total. The molecule has 0 saturated carbocycles. The Hall–Kier alpha value is -3.28. The molecule has 0 aliphatic carbocycles. The van der Waals surface area contributed by atoms with E-state index in [2.05, 4.69) is 9.97 Å². The number of methoxy groups -OCH3 is 1. The van der Waals surface area contributed by atoms with Gasteiger partial charge >= 0.3 is 5.97 Å². The highest BCUT2D eigenvalue weighted by atomic mass is 19.1. The molecule has 0 radical (unpaired) electrons. The topological polar surface area (TPSA) is 55.3 Å². The van der Waals surface area contributed by atoms with Gasteiger partial charge in [0.25, 0.3) is 0 Å². The first-order chi connectivity index (χ1) is 12.1. The first-order valence-electron chi connectivity index (χ1n) is 7.58. The van der Waals surface area contributed by atoms with Crippen molar-refractivity contribution in [3.8, 4) is 11.1 Å². The molecule has 0 fully saturated rings. The third-order valence-electron chi connectivity index (χ3n) is 3.75. The smallest absolute Gasteiger partial charge is 0.337 e. The van der Waals surface area contributed by atoms with Crippen LogP contribution in [-0.4, -0.2) is 30.1 Å². The van der Waals surface area contributed by atoms with Gasteiger partial charge in [0.15, 0.2) is 0 Å². The third-order valence-corrected chi connectivity index (χ3v) is 3.75. The van der Waals surface area contributed by atoms with Crippen molar-refractivity contribution in [2.45, 2.75) is 0 Å². The monoisotopic (exact) mass is 337 g/mol. The van der Waals surface area contributed by atoms with Crippen LogP contribution in [0, 0.1) is 5.82 Å². The molecule has 3 aromatic rings. The van der Waals surface area contributed by atoms with Gasteiger partial charge in [-0.15, -0.1) is 0 Å². The zero-order chi connectivity index (χ0) is 17.8. The number of nitrogens with zero attached hydrogens (tertiary/aromatic N) is 3. The van der Waals surface area contributed by atoms with Gasteiger partial charge in [0.1, 0.15) is 5.82 Å². The third kappa shape index (κ3) is 3.63. The minimum Gasteiger partial charge on any atom is -0.465 e. The molecule has 3 rings (SSSR count). The van der Waals surface area contributed by atoms with Crippen LogP contribution in [0.2, 0.25) is 0 Å². The number of hydrogen-bond acceptors (Lipinski definition) is 5. The summed E-state index contributed by atoms with van der Waals surface area (Å²) in [5, 5.41) is 0. The number of rotatable bonds is 4. The van der Waals surface area contributed by atoms with Gasteiger partial charge in [0.2, 0.25) is 5.95 Å². The summed E-state index contributed by atoms with van der Waals surface area (Å²) in [6.45, 7) is 0. The molecular formula is C19H16FN3O2. The maximum absolute atomic E-state index is 13.3. The maximum atomic E-state index is 13.3. The van der Waals surface area contributed by atoms with E-state index in [9.17, 15) is 9.18 Å². The van der Waals surface area contributed by atoms with Crippen molar-refractivity contribution in [2.24, 2.45) is 0 Å². The summed E-state index contributed by atoms with van der Waals surface area (Å²) in [6, 6.07) is 13.2. The van der Waals surface area contributed by atoms with E-state index in [1.54, 1.807) is 54.7 Å². The number of hydrogen-bond donors (Lipinski definition) is 0. The Bertz CT molecular complexity index is 897. The van der Waals surface area contributed by atoms with E-state index in [-0.39, 0.29) is 5.82 Å². The molecular weight excluding hydrogens is 321 g/mol. The van der Waals surface area contributed by atoms with Crippen LogP contribution in [0.4, 0.5) is 16.0 Å². The van der Waals surface area contributed by atoms with Crippen LogP contribution in [-0.2, 0) is 4.74 Å². The first kappa shape index (κ1) is 16.6. The molecule has 0 saturated heterocycles. The van der Waals surface area contributed by atoms with E-state index in [0.29, 0.717) is 17.1 Å². The minimum absolute atomic E-state index is 0.307. The molecule has 0 aliphatic rings. The number of aromatic nitrogens is 2. The standard InChI is InChI=1S/C19H16FN3O2/c1-23(17-8-4-6-14(10-17)18(24)25-2)19-21-11-15(12-22-19)13-5-3-7-16(20)9-13/h3-12H,1-2H3. The highest BCUT2D eigenvalue weighted by molar-refractivity contribution is 5.90. The second kappa shape index (κ2) is 7.09. The zero-order valence-electron chi connectivity index (χ0n) is 13.8. The highest BCUT2D eigenvalue weighted by Crippen LogP contribution is 2.24. The SMILES string of the molecule is COC(=O)c1cccc(N(C)c2ncc(-c3cccc(F)c3)cn2)c1. The Morgan fingerprint density at radius 2 is 1.76 bits per heavy atom. The van der Waals surface area contributed by atoms with E-state index in [4.69, 9.17) is 4.74 Å². The lowest BCUT2D eigenvalue weighted by Crippen LogP contribution is -2.13. The second-order valence-corrected chi connectivity index (χ2v) is 5.38. The molecule has 0 spiro atoms. The maximum Gasteiger partial charge on any atom is 0.337 e. The van der Waals surface area contributed by atoms with Gasteiger partial charge in [-0.05, 0) is 35.9 Å².